The predicted octanol–water partition coefficient (Wildman–Crippen LogP) is 2.84. The van der Waals surface area contributed by atoms with E-state index in [4.69, 9.17) is 0 Å². The monoisotopic (exact) mass is 286 g/mol. The molecule has 0 bridgehead atoms. The summed E-state index contributed by atoms with van der Waals surface area (Å²) in [4.78, 5) is 13.6. The van der Waals surface area contributed by atoms with Crippen LogP contribution in [0.3, 0.4) is 0 Å². The standard InChI is InChI=1S/C12H19BrN2O/c1-3-10(13)11(16)15(2)12(9-14)7-5-4-6-8-12/h10H,3-8H2,1-2H3. The Bertz CT molecular complexity index is 292. The summed E-state index contributed by atoms with van der Waals surface area (Å²) in [6, 6.07) is 2.36. The Labute approximate surface area is 106 Å². The van der Waals surface area contributed by atoms with Gasteiger partial charge in [0.25, 0.3) is 0 Å². The fourth-order valence-electron chi connectivity index (χ4n) is 2.25. The molecule has 1 atom stereocenters. The van der Waals surface area contributed by atoms with Gasteiger partial charge < -0.3 is 4.90 Å². The van der Waals surface area contributed by atoms with Crippen molar-refractivity contribution in [1.82, 2.24) is 4.90 Å². The van der Waals surface area contributed by atoms with Crippen LogP contribution in [-0.4, -0.2) is 28.2 Å². The van der Waals surface area contributed by atoms with Crippen molar-refractivity contribution in [3.63, 3.8) is 0 Å². The van der Waals surface area contributed by atoms with E-state index < -0.39 is 5.54 Å². The fourth-order valence-corrected chi connectivity index (χ4v) is 2.56. The number of carbonyl (C=O) groups excluding carboxylic acids is 1. The maximum Gasteiger partial charge on any atom is 0.237 e. The van der Waals surface area contributed by atoms with E-state index in [2.05, 4.69) is 22.0 Å². The van der Waals surface area contributed by atoms with Crippen LogP contribution in [-0.2, 0) is 4.79 Å². The minimum absolute atomic E-state index is 0.0333. The largest absolute Gasteiger partial charge is 0.326 e. The smallest absolute Gasteiger partial charge is 0.237 e. The number of nitriles is 1. The number of carbonyl (C=O) groups is 1. The van der Waals surface area contributed by atoms with Gasteiger partial charge in [-0.2, -0.15) is 5.26 Å². The lowest BCUT2D eigenvalue weighted by Gasteiger charge is -2.39. The molecule has 1 saturated carbocycles. The zero-order valence-corrected chi connectivity index (χ0v) is 11.6. The van der Waals surface area contributed by atoms with Crippen molar-refractivity contribution < 1.29 is 4.79 Å². The Kier molecular flexibility index (Phi) is 4.79. The summed E-state index contributed by atoms with van der Waals surface area (Å²) in [5.74, 6) is 0.0333. The Morgan fingerprint density at radius 2 is 2.06 bits per heavy atom. The highest BCUT2D eigenvalue weighted by atomic mass is 79.9. The number of hydrogen-bond donors (Lipinski definition) is 0. The Morgan fingerprint density at radius 1 is 1.50 bits per heavy atom. The number of amides is 1. The molecule has 1 rings (SSSR count). The van der Waals surface area contributed by atoms with E-state index >= 15 is 0 Å². The second-order valence-corrected chi connectivity index (χ2v) is 5.58. The molecule has 0 aliphatic heterocycles. The molecule has 0 spiro atoms. The van der Waals surface area contributed by atoms with Crippen LogP contribution in [0.1, 0.15) is 45.4 Å². The maximum absolute atomic E-state index is 12.1. The van der Waals surface area contributed by atoms with Gasteiger partial charge in [-0.1, -0.05) is 42.1 Å². The summed E-state index contributed by atoms with van der Waals surface area (Å²) in [7, 11) is 1.76. The Hall–Kier alpha value is -0.560. The maximum atomic E-state index is 12.1. The lowest BCUT2D eigenvalue weighted by Crippen LogP contribution is -2.51. The lowest BCUT2D eigenvalue weighted by atomic mass is 9.81. The van der Waals surface area contributed by atoms with Gasteiger partial charge in [-0.05, 0) is 19.3 Å². The van der Waals surface area contributed by atoms with Gasteiger partial charge in [0.2, 0.25) is 5.91 Å². The molecule has 0 aromatic heterocycles. The molecular formula is C12H19BrN2O. The van der Waals surface area contributed by atoms with Gasteiger partial charge in [-0.15, -0.1) is 0 Å². The summed E-state index contributed by atoms with van der Waals surface area (Å²) in [5, 5.41) is 9.36. The van der Waals surface area contributed by atoms with Crippen LogP contribution in [0.25, 0.3) is 0 Å². The third-order valence-corrected chi connectivity index (χ3v) is 4.53. The molecule has 0 aromatic carbocycles. The van der Waals surface area contributed by atoms with Crippen molar-refractivity contribution in [2.75, 3.05) is 7.05 Å². The van der Waals surface area contributed by atoms with Crippen LogP contribution in [0, 0.1) is 11.3 Å². The number of nitrogens with zero attached hydrogens (tertiary/aromatic N) is 2. The van der Waals surface area contributed by atoms with Gasteiger partial charge in [0.15, 0.2) is 0 Å². The van der Waals surface area contributed by atoms with E-state index in [0.29, 0.717) is 0 Å². The van der Waals surface area contributed by atoms with Crippen molar-refractivity contribution >= 4 is 21.8 Å². The van der Waals surface area contributed by atoms with Gasteiger partial charge in [0.05, 0.1) is 10.9 Å². The predicted molar refractivity (Wildman–Crippen MR) is 67.2 cm³/mol. The number of halogens is 1. The molecule has 0 aromatic rings. The van der Waals surface area contributed by atoms with E-state index in [-0.39, 0.29) is 10.7 Å². The molecule has 0 N–H and O–H groups in total. The molecule has 0 heterocycles. The van der Waals surface area contributed by atoms with Crippen LogP contribution in [0.4, 0.5) is 0 Å². The van der Waals surface area contributed by atoms with E-state index in [1.165, 1.54) is 6.42 Å². The summed E-state index contributed by atoms with van der Waals surface area (Å²) < 4.78 is 0. The van der Waals surface area contributed by atoms with E-state index in [0.717, 1.165) is 32.1 Å². The number of rotatable bonds is 3. The lowest BCUT2D eigenvalue weighted by molar-refractivity contribution is -0.134. The van der Waals surface area contributed by atoms with Crippen molar-refractivity contribution in [2.24, 2.45) is 0 Å². The van der Waals surface area contributed by atoms with Crippen LogP contribution in [0.5, 0.6) is 0 Å². The topological polar surface area (TPSA) is 44.1 Å². The average molecular weight is 287 g/mol. The molecule has 0 saturated heterocycles. The molecule has 1 aliphatic rings. The van der Waals surface area contributed by atoms with Crippen molar-refractivity contribution in [3.05, 3.63) is 0 Å². The molecule has 1 amide bonds. The summed E-state index contributed by atoms with van der Waals surface area (Å²) in [6.45, 7) is 1.96. The molecular weight excluding hydrogens is 268 g/mol. The van der Waals surface area contributed by atoms with Crippen LogP contribution < -0.4 is 0 Å². The highest BCUT2D eigenvalue weighted by Crippen LogP contribution is 2.33. The van der Waals surface area contributed by atoms with Gasteiger partial charge in [-0.3, -0.25) is 4.79 Å². The van der Waals surface area contributed by atoms with Crippen molar-refractivity contribution in [3.8, 4) is 6.07 Å². The summed E-state index contributed by atoms with van der Waals surface area (Å²) >= 11 is 3.36. The molecule has 0 radical (unpaired) electrons. The quantitative estimate of drug-likeness (QED) is 0.749. The van der Waals surface area contributed by atoms with Gasteiger partial charge >= 0.3 is 0 Å². The van der Waals surface area contributed by atoms with Gasteiger partial charge in [-0.25, -0.2) is 0 Å². The summed E-state index contributed by atoms with van der Waals surface area (Å²) in [5.41, 5.74) is -0.559. The zero-order chi connectivity index (χ0) is 12.2. The van der Waals surface area contributed by atoms with Crippen LogP contribution in [0.2, 0.25) is 0 Å². The minimum atomic E-state index is -0.559. The van der Waals surface area contributed by atoms with Gasteiger partial charge in [0.1, 0.15) is 5.54 Å². The normalized spacial score (nSPS) is 20.9. The molecule has 1 fully saturated rings. The van der Waals surface area contributed by atoms with Gasteiger partial charge in [0, 0.05) is 7.05 Å². The van der Waals surface area contributed by atoms with E-state index in [1.807, 2.05) is 6.92 Å². The Morgan fingerprint density at radius 3 is 2.50 bits per heavy atom. The van der Waals surface area contributed by atoms with Crippen LogP contribution in [0.15, 0.2) is 0 Å². The fraction of sp³-hybridized carbons (Fsp3) is 0.833. The number of alkyl halides is 1. The van der Waals surface area contributed by atoms with E-state index in [9.17, 15) is 10.1 Å². The third kappa shape index (κ3) is 2.57. The van der Waals surface area contributed by atoms with E-state index in [1.54, 1.807) is 11.9 Å². The first kappa shape index (κ1) is 13.5. The highest BCUT2D eigenvalue weighted by molar-refractivity contribution is 9.10. The minimum Gasteiger partial charge on any atom is -0.326 e. The second-order valence-electron chi connectivity index (χ2n) is 4.48. The first-order valence-electron chi connectivity index (χ1n) is 5.90. The first-order valence-corrected chi connectivity index (χ1v) is 6.82. The third-order valence-electron chi connectivity index (χ3n) is 3.49. The molecule has 1 aliphatic carbocycles. The van der Waals surface area contributed by atoms with Crippen molar-refractivity contribution in [1.29, 1.82) is 5.26 Å². The molecule has 1 unspecified atom stereocenters. The second kappa shape index (κ2) is 5.67. The van der Waals surface area contributed by atoms with Crippen molar-refractivity contribution in [2.45, 2.75) is 55.8 Å². The molecule has 16 heavy (non-hydrogen) atoms. The Balaban J connectivity index is 2.80. The summed E-state index contributed by atoms with van der Waals surface area (Å²) in [6.07, 6.45) is 5.65. The highest BCUT2D eigenvalue weighted by Gasteiger charge is 2.39. The molecule has 90 valence electrons. The molecule has 4 heteroatoms. The molecule has 3 nitrogen and oxygen atoms in total. The average Bonchev–Trinajstić information content (AvgIpc) is 2.36. The number of hydrogen-bond acceptors (Lipinski definition) is 2. The SMILES string of the molecule is CCC(Br)C(=O)N(C)C1(C#N)CCCCC1. The van der Waals surface area contributed by atoms with Crippen LogP contribution >= 0.6 is 15.9 Å². The zero-order valence-electron chi connectivity index (χ0n) is 10.0. The first-order chi connectivity index (χ1) is 7.57.